The van der Waals surface area contributed by atoms with Gasteiger partial charge in [-0.05, 0) is 99.0 Å². The highest BCUT2D eigenvalue weighted by Gasteiger charge is 2.50. The summed E-state index contributed by atoms with van der Waals surface area (Å²) < 4.78 is 29.2. The van der Waals surface area contributed by atoms with E-state index in [1.165, 1.54) is 0 Å². The highest BCUT2D eigenvalue weighted by atomic mass is 16.6. The normalized spacial score (nSPS) is 25.9. The molecule has 2 atom stereocenters. The van der Waals surface area contributed by atoms with Crippen LogP contribution >= 0.6 is 0 Å². The van der Waals surface area contributed by atoms with Gasteiger partial charge in [0.05, 0.1) is 37.5 Å². The lowest BCUT2D eigenvalue weighted by molar-refractivity contribution is -0.155. The fraction of sp³-hybridized carbons (Fsp3) is 0.765. The number of carbonyl (C=O) groups excluding carboxylic acids is 3. The van der Waals surface area contributed by atoms with Gasteiger partial charge in [0.15, 0.2) is 0 Å². The van der Waals surface area contributed by atoms with Crippen LogP contribution in [-0.4, -0.2) is 89.7 Å². The van der Waals surface area contributed by atoms with Crippen molar-refractivity contribution in [2.75, 3.05) is 33.0 Å². The Kier molecular flexibility index (Phi) is 11.7. The number of carbonyl (C=O) groups is 3. The number of likely N-dealkylation sites (tertiary alicyclic amines) is 1. The maximum absolute atomic E-state index is 13.2. The van der Waals surface area contributed by atoms with Crippen molar-refractivity contribution >= 4 is 18.0 Å². The topological polar surface area (TPSA) is 126 Å². The lowest BCUT2D eigenvalue weighted by Gasteiger charge is -2.51. The van der Waals surface area contributed by atoms with Crippen LogP contribution in [0.2, 0.25) is 0 Å². The number of unbranched alkanes of at least 4 members (excludes halogenated alkanes) is 1. The van der Waals surface area contributed by atoms with Gasteiger partial charge in [-0.2, -0.15) is 0 Å². The van der Waals surface area contributed by atoms with Crippen molar-refractivity contribution < 1.29 is 38.1 Å². The van der Waals surface area contributed by atoms with Gasteiger partial charge in [-0.25, -0.2) is 9.78 Å². The summed E-state index contributed by atoms with van der Waals surface area (Å²) in [5, 5.41) is 3.15. The second-order valence-electron chi connectivity index (χ2n) is 14.6. The third-order valence-corrected chi connectivity index (χ3v) is 8.42. The highest BCUT2D eigenvalue weighted by Crippen LogP contribution is 2.36. The Hall–Kier alpha value is -2.92. The lowest BCUT2D eigenvalue weighted by atomic mass is 9.80. The van der Waals surface area contributed by atoms with Gasteiger partial charge in [-0.1, -0.05) is 6.07 Å². The predicted octanol–water partition coefficient (Wildman–Crippen LogP) is 5.30. The molecule has 1 saturated carbocycles. The SMILES string of the molecule is CC(C)(C)OC(=O)CCCCOc1cccc(C2CCC(OCC3N(C(=O)OC(C)(C)C)CCCC34COCC(=O)N4)CC2)n1. The van der Waals surface area contributed by atoms with E-state index in [0.29, 0.717) is 57.4 Å². The Labute approximate surface area is 268 Å². The van der Waals surface area contributed by atoms with E-state index in [9.17, 15) is 14.4 Å². The summed E-state index contributed by atoms with van der Waals surface area (Å²) in [5.41, 5.74) is -0.768. The minimum atomic E-state index is -0.693. The molecule has 11 heteroatoms. The number of aromatic nitrogens is 1. The summed E-state index contributed by atoms with van der Waals surface area (Å²) >= 11 is 0. The van der Waals surface area contributed by atoms with E-state index in [1.807, 2.05) is 53.7 Å². The number of hydrogen-bond acceptors (Lipinski definition) is 9. The summed E-state index contributed by atoms with van der Waals surface area (Å²) in [6, 6.07) is 5.52. The molecule has 2 saturated heterocycles. The quantitative estimate of drug-likeness (QED) is 0.271. The molecule has 2 amide bonds. The van der Waals surface area contributed by atoms with Gasteiger partial charge in [0.1, 0.15) is 17.8 Å². The lowest BCUT2D eigenvalue weighted by Crippen LogP contribution is -2.72. The minimum Gasteiger partial charge on any atom is -0.478 e. The van der Waals surface area contributed by atoms with Gasteiger partial charge in [0.25, 0.3) is 0 Å². The van der Waals surface area contributed by atoms with E-state index in [1.54, 1.807) is 4.90 Å². The Morgan fingerprint density at radius 2 is 1.78 bits per heavy atom. The molecule has 3 aliphatic rings. The number of amides is 2. The molecule has 1 N–H and O–H groups in total. The van der Waals surface area contributed by atoms with Crippen LogP contribution in [0.4, 0.5) is 4.79 Å². The summed E-state index contributed by atoms with van der Waals surface area (Å²) in [6.07, 6.45) is 6.55. The van der Waals surface area contributed by atoms with Crippen molar-refractivity contribution in [1.29, 1.82) is 0 Å². The monoisotopic (exact) mass is 631 g/mol. The standard InChI is InChI=1S/C34H53N3O8/c1-32(2,3)44-30(39)13-7-8-20-42-29-12-9-11-26(35-29)24-14-16-25(17-15-24)43-21-27-34(23-41-22-28(38)36-34)18-10-19-37(27)31(40)45-33(4,5)6/h9,11-12,24-25,27H,7-8,10,13-23H2,1-6H3,(H,36,38). The molecular weight excluding hydrogens is 578 g/mol. The summed E-state index contributed by atoms with van der Waals surface area (Å²) in [4.78, 5) is 44.0. The first-order chi connectivity index (χ1) is 21.2. The van der Waals surface area contributed by atoms with Crippen LogP contribution in [0, 0.1) is 0 Å². The molecule has 0 radical (unpaired) electrons. The van der Waals surface area contributed by atoms with Crippen LogP contribution < -0.4 is 10.1 Å². The summed E-state index contributed by atoms with van der Waals surface area (Å²) in [5.74, 6) is 0.559. The predicted molar refractivity (Wildman–Crippen MR) is 168 cm³/mol. The van der Waals surface area contributed by atoms with Crippen molar-refractivity contribution in [1.82, 2.24) is 15.2 Å². The molecule has 3 fully saturated rings. The number of ether oxygens (including phenoxy) is 5. The number of hydrogen-bond donors (Lipinski definition) is 1. The van der Waals surface area contributed by atoms with Gasteiger partial charge in [-0.15, -0.1) is 0 Å². The van der Waals surface area contributed by atoms with Crippen molar-refractivity contribution in [3.05, 3.63) is 23.9 Å². The maximum atomic E-state index is 13.2. The van der Waals surface area contributed by atoms with Crippen molar-refractivity contribution in [3.63, 3.8) is 0 Å². The molecule has 2 unspecified atom stereocenters. The number of morpholine rings is 1. The number of piperidine rings is 1. The molecule has 4 rings (SSSR count). The second-order valence-corrected chi connectivity index (χ2v) is 14.6. The van der Waals surface area contributed by atoms with Gasteiger partial charge in [0.2, 0.25) is 11.8 Å². The van der Waals surface area contributed by atoms with Crippen molar-refractivity contribution in [2.24, 2.45) is 0 Å². The van der Waals surface area contributed by atoms with E-state index in [4.69, 9.17) is 28.7 Å². The van der Waals surface area contributed by atoms with Crippen molar-refractivity contribution in [3.8, 4) is 5.88 Å². The first kappa shape index (κ1) is 34.9. The van der Waals surface area contributed by atoms with Gasteiger partial charge < -0.3 is 33.9 Å². The maximum Gasteiger partial charge on any atom is 0.410 e. The zero-order valence-corrected chi connectivity index (χ0v) is 28.0. The average molecular weight is 632 g/mol. The molecule has 0 aromatic carbocycles. The first-order valence-corrected chi connectivity index (χ1v) is 16.5. The van der Waals surface area contributed by atoms with Gasteiger partial charge in [0, 0.05) is 30.6 Å². The second kappa shape index (κ2) is 15.1. The van der Waals surface area contributed by atoms with Crippen LogP contribution in [0.25, 0.3) is 0 Å². The third-order valence-electron chi connectivity index (χ3n) is 8.42. The number of nitrogens with one attached hydrogen (secondary N) is 1. The van der Waals surface area contributed by atoms with Crippen LogP contribution in [0.3, 0.4) is 0 Å². The molecule has 0 bridgehead atoms. The number of rotatable bonds is 10. The molecule has 2 aliphatic heterocycles. The molecule has 11 nitrogen and oxygen atoms in total. The van der Waals surface area contributed by atoms with E-state index >= 15 is 0 Å². The molecular formula is C34H53N3O8. The van der Waals surface area contributed by atoms with E-state index in [0.717, 1.165) is 44.2 Å². The fourth-order valence-electron chi connectivity index (χ4n) is 6.40. The van der Waals surface area contributed by atoms with Gasteiger partial charge in [-0.3, -0.25) is 9.59 Å². The van der Waals surface area contributed by atoms with E-state index < -0.39 is 22.8 Å². The average Bonchev–Trinajstić information content (AvgIpc) is 2.95. The molecule has 1 aliphatic carbocycles. The molecule has 1 spiro atoms. The smallest absolute Gasteiger partial charge is 0.410 e. The Morgan fingerprint density at radius 1 is 1.04 bits per heavy atom. The largest absolute Gasteiger partial charge is 0.478 e. The summed E-state index contributed by atoms with van der Waals surface area (Å²) in [7, 11) is 0. The summed E-state index contributed by atoms with van der Waals surface area (Å²) in [6.45, 7) is 12.9. The number of pyridine rings is 1. The van der Waals surface area contributed by atoms with Crippen molar-refractivity contribution in [2.45, 2.75) is 134 Å². The number of nitrogens with zero attached hydrogens (tertiary/aromatic N) is 2. The molecule has 1 aromatic heterocycles. The zero-order chi connectivity index (χ0) is 32.7. The Morgan fingerprint density at radius 3 is 2.47 bits per heavy atom. The van der Waals surface area contributed by atoms with Crippen LogP contribution in [0.1, 0.15) is 111 Å². The minimum absolute atomic E-state index is 0.0279. The molecule has 45 heavy (non-hydrogen) atoms. The van der Waals surface area contributed by atoms with E-state index in [-0.39, 0.29) is 30.6 Å². The van der Waals surface area contributed by atoms with Gasteiger partial charge >= 0.3 is 12.1 Å². The molecule has 1 aromatic rings. The first-order valence-electron chi connectivity index (χ1n) is 16.5. The van der Waals surface area contributed by atoms with E-state index in [2.05, 4.69) is 11.4 Å². The Bertz CT molecular complexity index is 1150. The van der Waals surface area contributed by atoms with Crippen LogP contribution in [-0.2, 0) is 28.5 Å². The zero-order valence-electron chi connectivity index (χ0n) is 28.0. The van der Waals surface area contributed by atoms with Crippen LogP contribution in [0.15, 0.2) is 18.2 Å². The highest BCUT2D eigenvalue weighted by molar-refractivity contribution is 5.79. The fourth-order valence-corrected chi connectivity index (χ4v) is 6.40. The molecule has 252 valence electrons. The number of esters is 1. The third kappa shape index (κ3) is 10.6. The molecule has 3 heterocycles. The van der Waals surface area contributed by atoms with Crippen LogP contribution in [0.5, 0.6) is 5.88 Å². The Balaban J connectivity index is 1.27.